The first kappa shape index (κ1) is 13.3. The van der Waals surface area contributed by atoms with E-state index in [9.17, 15) is 4.79 Å². The molecule has 0 aliphatic rings. The second kappa shape index (κ2) is 8.91. The number of hydrazone groups is 1. The minimum absolute atomic E-state index is 0.148. The lowest BCUT2D eigenvalue weighted by atomic mass is 10.5. The zero-order valence-electron chi connectivity index (χ0n) is 8.24. The van der Waals surface area contributed by atoms with Crippen molar-refractivity contribution in [1.29, 1.82) is 5.26 Å². The molecule has 0 fully saturated rings. The molecule has 0 aromatic heterocycles. The van der Waals surface area contributed by atoms with Gasteiger partial charge >= 0.3 is 0 Å². The van der Waals surface area contributed by atoms with Crippen molar-refractivity contribution >= 4 is 33.8 Å². The van der Waals surface area contributed by atoms with Gasteiger partial charge in [0.15, 0.2) is 0 Å². The second-order valence-corrected chi connectivity index (χ2v) is 4.88. The molecule has 0 aliphatic carbocycles. The average Bonchev–Trinajstić information content (AvgIpc) is 2.15. The van der Waals surface area contributed by atoms with Gasteiger partial charge < -0.3 is 0 Å². The van der Waals surface area contributed by atoms with Crippen LogP contribution in [0.4, 0.5) is 0 Å². The van der Waals surface area contributed by atoms with E-state index >= 15 is 0 Å². The van der Waals surface area contributed by atoms with Gasteiger partial charge in [-0.1, -0.05) is 37.4 Å². The molecule has 0 saturated heterocycles. The number of thioether (sulfide) groups is 2. The maximum atomic E-state index is 10.9. The van der Waals surface area contributed by atoms with E-state index < -0.39 is 0 Å². The summed E-state index contributed by atoms with van der Waals surface area (Å²) in [6.45, 7) is 4.04. The zero-order chi connectivity index (χ0) is 10.8. The Bertz CT molecular complexity index is 239. The first-order chi connectivity index (χ1) is 6.74. The number of nitriles is 1. The molecule has 0 bridgehead atoms. The minimum atomic E-state index is -0.363. The SMILES string of the molecule is CCSC(=NNC(=O)CC#N)SCC. The maximum absolute atomic E-state index is 10.9. The fourth-order valence-corrected chi connectivity index (χ4v) is 2.33. The van der Waals surface area contributed by atoms with Gasteiger partial charge in [-0.15, -0.1) is 0 Å². The summed E-state index contributed by atoms with van der Waals surface area (Å²) in [5, 5.41) is 12.2. The van der Waals surface area contributed by atoms with Crippen LogP contribution in [0.3, 0.4) is 0 Å². The van der Waals surface area contributed by atoms with Gasteiger partial charge in [0.25, 0.3) is 5.91 Å². The van der Waals surface area contributed by atoms with E-state index in [-0.39, 0.29) is 12.3 Å². The smallest absolute Gasteiger partial charge is 0.254 e. The van der Waals surface area contributed by atoms with Gasteiger partial charge in [0.1, 0.15) is 10.8 Å². The third kappa shape index (κ3) is 6.80. The highest BCUT2D eigenvalue weighted by molar-refractivity contribution is 8.38. The highest BCUT2D eigenvalue weighted by Gasteiger charge is 2.01. The summed E-state index contributed by atoms with van der Waals surface area (Å²) in [5.41, 5.74) is 2.34. The number of carbonyl (C=O) groups is 1. The van der Waals surface area contributed by atoms with Crippen molar-refractivity contribution in [3.63, 3.8) is 0 Å². The monoisotopic (exact) mass is 231 g/mol. The van der Waals surface area contributed by atoms with Crippen molar-refractivity contribution in [2.24, 2.45) is 5.10 Å². The Morgan fingerprint density at radius 1 is 1.43 bits per heavy atom. The third-order valence-corrected chi connectivity index (χ3v) is 3.01. The average molecular weight is 231 g/mol. The van der Waals surface area contributed by atoms with Crippen LogP contribution in [0.1, 0.15) is 20.3 Å². The van der Waals surface area contributed by atoms with Gasteiger partial charge in [0, 0.05) is 0 Å². The standard InChI is InChI=1S/C8H13N3OS2/c1-3-13-8(14-4-2)11-10-7(12)5-6-9/h3-5H2,1-2H3,(H,10,12). The Morgan fingerprint density at radius 3 is 2.43 bits per heavy atom. The molecule has 1 N–H and O–H groups in total. The van der Waals surface area contributed by atoms with Crippen LogP contribution in [0.25, 0.3) is 0 Å². The predicted octanol–water partition coefficient (Wildman–Crippen LogP) is 1.79. The topological polar surface area (TPSA) is 65.2 Å². The Hall–Kier alpha value is -0.670. The van der Waals surface area contributed by atoms with Crippen LogP contribution < -0.4 is 5.43 Å². The second-order valence-electron chi connectivity index (χ2n) is 2.11. The lowest BCUT2D eigenvalue weighted by molar-refractivity contribution is -0.120. The molecule has 0 atom stereocenters. The molecule has 6 heteroatoms. The van der Waals surface area contributed by atoms with E-state index in [4.69, 9.17) is 5.26 Å². The lowest BCUT2D eigenvalue weighted by Gasteiger charge is -2.01. The molecule has 0 rings (SSSR count). The lowest BCUT2D eigenvalue weighted by Crippen LogP contribution is -2.17. The summed E-state index contributed by atoms with van der Waals surface area (Å²) in [4.78, 5) is 10.9. The number of nitrogens with zero attached hydrogens (tertiary/aromatic N) is 2. The fraction of sp³-hybridized carbons (Fsp3) is 0.625. The molecular formula is C8H13N3OS2. The van der Waals surface area contributed by atoms with Gasteiger partial charge in [0.2, 0.25) is 0 Å². The Kier molecular flexibility index (Phi) is 8.48. The van der Waals surface area contributed by atoms with Crippen molar-refractivity contribution in [2.45, 2.75) is 20.3 Å². The molecule has 0 heterocycles. The van der Waals surface area contributed by atoms with Crippen LogP contribution in [-0.2, 0) is 4.79 Å². The number of amides is 1. The van der Waals surface area contributed by atoms with Crippen LogP contribution in [0.15, 0.2) is 5.10 Å². The van der Waals surface area contributed by atoms with Crippen LogP contribution in [0.5, 0.6) is 0 Å². The number of hydrogen-bond acceptors (Lipinski definition) is 5. The van der Waals surface area contributed by atoms with Crippen molar-refractivity contribution in [3.8, 4) is 6.07 Å². The first-order valence-electron chi connectivity index (χ1n) is 4.23. The fourth-order valence-electron chi connectivity index (χ4n) is 0.572. The maximum Gasteiger partial charge on any atom is 0.254 e. The molecule has 1 amide bonds. The van der Waals surface area contributed by atoms with Crippen LogP contribution >= 0.6 is 23.5 Å². The van der Waals surface area contributed by atoms with E-state index in [1.807, 2.05) is 13.8 Å². The highest BCUT2D eigenvalue weighted by atomic mass is 32.2. The summed E-state index contributed by atoms with van der Waals surface area (Å²) in [5.74, 6) is 1.47. The molecule has 14 heavy (non-hydrogen) atoms. The van der Waals surface area contributed by atoms with Crippen molar-refractivity contribution in [2.75, 3.05) is 11.5 Å². The van der Waals surface area contributed by atoms with E-state index in [1.54, 1.807) is 29.6 Å². The summed E-state index contributed by atoms with van der Waals surface area (Å²) in [6.07, 6.45) is -0.148. The highest BCUT2D eigenvalue weighted by Crippen LogP contribution is 2.15. The largest absolute Gasteiger partial charge is 0.272 e. The summed E-state index contributed by atoms with van der Waals surface area (Å²) < 4.78 is 0.835. The molecule has 0 unspecified atom stereocenters. The molecule has 78 valence electrons. The zero-order valence-corrected chi connectivity index (χ0v) is 9.87. The van der Waals surface area contributed by atoms with E-state index in [0.29, 0.717) is 0 Å². The summed E-state index contributed by atoms with van der Waals surface area (Å²) >= 11 is 3.15. The van der Waals surface area contributed by atoms with E-state index in [1.165, 1.54) is 0 Å². The van der Waals surface area contributed by atoms with Gasteiger partial charge in [0.05, 0.1) is 6.07 Å². The molecule has 0 spiro atoms. The minimum Gasteiger partial charge on any atom is -0.272 e. The van der Waals surface area contributed by atoms with Gasteiger partial charge in [-0.25, -0.2) is 5.43 Å². The van der Waals surface area contributed by atoms with Crippen molar-refractivity contribution in [1.82, 2.24) is 5.43 Å². The third-order valence-electron chi connectivity index (χ3n) is 1.05. The number of hydrogen-bond donors (Lipinski definition) is 1. The summed E-state index contributed by atoms with van der Waals surface area (Å²) in [6, 6.07) is 1.76. The Morgan fingerprint density at radius 2 is 2.00 bits per heavy atom. The first-order valence-corrected chi connectivity index (χ1v) is 6.20. The molecule has 0 aromatic rings. The molecule has 0 saturated carbocycles. The van der Waals surface area contributed by atoms with Crippen LogP contribution in [0.2, 0.25) is 0 Å². The van der Waals surface area contributed by atoms with Gasteiger partial charge in [-0.3, -0.25) is 4.79 Å². The molecule has 0 radical (unpaired) electrons. The van der Waals surface area contributed by atoms with E-state index in [0.717, 1.165) is 15.9 Å². The van der Waals surface area contributed by atoms with Crippen LogP contribution in [0, 0.1) is 11.3 Å². The van der Waals surface area contributed by atoms with Crippen molar-refractivity contribution < 1.29 is 4.79 Å². The van der Waals surface area contributed by atoms with Gasteiger partial charge in [-0.05, 0) is 11.5 Å². The Balaban J connectivity index is 4.01. The Labute approximate surface area is 92.5 Å². The molecule has 0 aromatic carbocycles. The molecular weight excluding hydrogens is 218 g/mol. The molecule has 0 aliphatic heterocycles. The quantitative estimate of drug-likeness (QED) is 0.455. The molecule has 4 nitrogen and oxygen atoms in total. The van der Waals surface area contributed by atoms with Crippen LogP contribution in [-0.4, -0.2) is 21.8 Å². The number of carbonyl (C=O) groups excluding carboxylic acids is 1. The van der Waals surface area contributed by atoms with Crippen molar-refractivity contribution in [3.05, 3.63) is 0 Å². The predicted molar refractivity (Wildman–Crippen MR) is 62.1 cm³/mol. The van der Waals surface area contributed by atoms with Gasteiger partial charge in [-0.2, -0.15) is 10.4 Å². The number of nitrogens with one attached hydrogen (secondary N) is 1. The number of rotatable bonds is 4. The summed E-state index contributed by atoms with van der Waals surface area (Å²) in [7, 11) is 0. The normalized spacial score (nSPS) is 8.93. The van der Waals surface area contributed by atoms with E-state index in [2.05, 4.69) is 10.5 Å².